The van der Waals surface area contributed by atoms with Gasteiger partial charge in [-0.1, -0.05) is 33.4 Å². The Hall–Kier alpha value is -1.97. The molecule has 0 saturated carbocycles. The van der Waals surface area contributed by atoms with Gasteiger partial charge in [-0.15, -0.1) is 0 Å². The Kier molecular flexibility index (Phi) is 7.26. The molecule has 0 aliphatic carbocycles. The fraction of sp³-hybridized carbons (Fsp3) is 0.708. The molecular weight excluding hydrogens is 440 g/mol. The molecule has 1 amide bonds. The summed E-state index contributed by atoms with van der Waals surface area (Å²) in [6.45, 7) is 17.7. The second-order valence-corrected chi connectivity index (χ2v) is 15.7. The number of β-lactam (4-membered cyclic amide) rings is 1. The van der Waals surface area contributed by atoms with Crippen molar-refractivity contribution in [3.8, 4) is 0 Å². The third-order valence-electron chi connectivity index (χ3n) is 7.78. The van der Waals surface area contributed by atoms with Crippen LogP contribution < -0.4 is 5.32 Å². The van der Waals surface area contributed by atoms with Gasteiger partial charge >= 0.3 is 11.9 Å². The average molecular weight is 479 g/mol. The maximum Gasteiger partial charge on any atom is 0.352 e. The van der Waals surface area contributed by atoms with E-state index < -0.39 is 32.1 Å². The molecule has 8 nitrogen and oxygen atoms in total. The van der Waals surface area contributed by atoms with Crippen molar-refractivity contribution in [2.45, 2.75) is 70.8 Å². The molecule has 0 aromatic carbocycles. The number of hydrogen-bond donors (Lipinski definition) is 2. The third kappa shape index (κ3) is 4.68. The summed E-state index contributed by atoms with van der Waals surface area (Å²) in [5, 5.41) is 13.3. The van der Waals surface area contributed by atoms with Crippen molar-refractivity contribution < 1.29 is 28.7 Å². The highest BCUT2D eigenvalue weighted by Gasteiger charge is 2.59. The van der Waals surface area contributed by atoms with Gasteiger partial charge in [0.25, 0.3) is 0 Å². The van der Waals surface area contributed by atoms with E-state index in [2.05, 4.69) is 45.8 Å². The number of ether oxygens (including phenoxy) is 1. The van der Waals surface area contributed by atoms with Gasteiger partial charge in [0, 0.05) is 0 Å². The van der Waals surface area contributed by atoms with Gasteiger partial charge in [0.1, 0.15) is 12.3 Å². The van der Waals surface area contributed by atoms with Crippen LogP contribution in [-0.2, 0) is 23.5 Å². The van der Waals surface area contributed by atoms with Gasteiger partial charge in [0.05, 0.1) is 24.0 Å². The molecule has 2 fully saturated rings. The number of hydrogen-bond acceptors (Lipinski definition) is 6. The first-order chi connectivity index (χ1) is 15.3. The Bertz CT molecular complexity index is 856. The molecule has 33 heavy (non-hydrogen) atoms. The standard InChI is InChI=1S/C24H38N2O6Si/c1-8-11-31-23(30)19(15-9-10-25-13-15)16-12-17-18(21(27)26(17)20(16)22(28)29)14(2)32-33(6,7)24(3,4)5/h8,14-15,17-19,25H,1,9-13H2,2-7H3,(H,28,29)/t14-,15?,17-,18-,19?/m1/s1. The fourth-order valence-corrected chi connectivity index (χ4v) is 6.52. The van der Waals surface area contributed by atoms with Crippen molar-refractivity contribution >= 4 is 26.2 Å². The van der Waals surface area contributed by atoms with Crippen molar-refractivity contribution in [2.75, 3.05) is 19.7 Å². The van der Waals surface area contributed by atoms with Gasteiger partial charge in [0.15, 0.2) is 8.32 Å². The van der Waals surface area contributed by atoms with E-state index >= 15 is 0 Å². The first kappa shape index (κ1) is 25.6. The highest BCUT2D eigenvalue weighted by atomic mass is 28.4. The van der Waals surface area contributed by atoms with Crippen molar-refractivity contribution in [2.24, 2.45) is 17.8 Å². The van der Waals surface area contributed by atoms with Crippen molar-refractivity contribution in [3.63, 3.8) is 0 Å². The SMILES string of the molecule is C=CCOC(=O)C(C1=C(C(=O)O)N2C(=O)[C@H]([C@@H](C)O[Si](C)(C)C(C)(C)C)[C@H]2C1)C1CCNC1. The zero-order valence-electron chi connectivity index (χ0n) is 20.6. The lowest BCUT2D eigenvalue weighted by Gasteiger charge is -2.48. The number of nitrogens with one attached hydrogen (secondary N) is 1. The van der Waals surface area contributed by atoms with Crippen LogP contribution in [0.1, 0.15) is 40.5 Å². The van der Waals surface area contributed by atoms with Crippen LogP contribution in [0.3, 0.4) is 0 Å². The minimum Gasteiger partial charge on any atom is -0.477 e. The molecule has 2 unspecified atom stereocenters. The number of carboxylic acid groups (broad SMARTS) is 1. The van der Waals surface area contributed by atoms with E-state index in [1.165, 1.54) is 11.0 Å². The van der Waals surface area contributed by atoms with Crippen LogP contribution in [0.4, 0.5) is 0 Å². The highest BCUT2D eigenvalue weighted by molar-refractivity contribution is 6.74. The van der Waals surface area contributed by atoms with Gasteiger partial charge in [0.2, 0.25) is 5.91 Å². The van der Waals surface area contributed by atoms with E-state index in [1.54, 1.807) is 0 Å². The van der Waals surface area contributed by atoms with Crippen LogP contribution in [-0.4, -0.2) is 68.0 Å². The van der Waals surface area contributed by atoms with E-state index in [-0.39, 0.29) is 41.3 Å². The van der Waals surface area contributed by atoms with Gasteiger partial charge < -0.3 is 24.5 Å². The number of esters is 1. The van der Waals surface area contributed by atoms with E-state index in [1.807, 2.05) is 6.92 Å². The zero-order chi connectivity index (χ0) is 24.7. The van der Waals surface area contributed by atoms with Gasteiger partial charge in [-0.25, -0.2) is 4.79 Å². The molecule has 3 aliphatic heterocycles. The summed E-state index contributed by atoms with van der Waals surface area (Å²) in [5.74, 6) is -3.04. The maximum atomic E-state index is 13.2. The molecular formula is C24H38N2O6Si. The van der Waals surface area contributed by atoms with Gasteiger partial charge in [-0.2, -0.15) is 0 Å². The maximum absolute atomic E-state index is 13.2. The first-order valence-electron chi connectivity index (χ1n) is 11.8. The molecule has 2 N–H and O–H groups in total. The molecule has 9 heteroatoms. The number of amides is 1. The smallest absolute Gasteiger partial charge is 0.352 e. The third-order valence-corrected chi connectivity index (χ3v) is 12.4. The zero-order valence-corrected chi connectivity index (χ0v) is 21.6. The van der Waals surface area contributed by atoms with Gasteiger partial charge in [-0.05, 0) is 62.5 Å². The molecule has 3 rings (SSSR count). The Balaban J connectivity index is 1.89. The molecule has 2 saturated heterocycles. The van der Waals surface area contributed by atoms with Crippen LogP contribution in [0.25, 0.3) is 0 Å². The summed E-state index contributed by atoms with van der Waals surface area (Å²) in [5.41, 5.74) is 0.457. The number of carbonyl (C=O) groups is 3. The number of rotatable bonds is 9. The second-order valence-electron chi connectivity index (χ2n) is 10.9. The fourth-order valence-electron chi connectivity index (χ4n) is 5.09. The van der Waals surface area contributed by atoms with Gasteiger partial charge in [-0.3, -0.25) is 9.59 Å². The number of aliphatic carboxylic acids is 1. The second kappa shape index (κ2) is 9.35. The van der Waals surface area contributed by atoms with E-state index in [0.717, 1.165) is 13.0 Å². The van der Waals surface area contributed by atoms with Crippen LogP contribution in [0.15, 0.2) is 23.9 Å². The minimum atomic E-state index is -2.11. The number of fused-ring (bicyclic) bond motifs is 1. The minimum absolute atomic E-state index is 0.00542. The summed E-state index contributed by atoms with van der Waals surface area (Å²) in [6.07, 6.45) is 2.27. The predicted molar refractivity (Wildman–Crippen MR) is 127 cm³/mol. The van der Waals surface area contributed by atoms with Crippen molar-refractivity contribution in [1.82, 2.24) is 10.2 Å². The lowest BCUT2D eigenvalue weighted by molar-refractivity contribution is -0.160. The molecule has 3 aliphatic rings. The molecule has 5 atom stereocenters. The van der Waals surface area contributed by atoms with E-state index in [4.69, 9.17) is 9.16 Å². The quantitative estimate of drug-likeness (QED) is 0.227. The number of carbonyl (C=O) groups excluding carboxylic acids is 2. The summed E-state index contributed by atoms with van der Waals surface area (Å²) < 4.78 is 11.9. The Morgan fingerprint density at radius 1 is 1.36 bits per heavy atom. The van der Waals surface area contributed by atoms with Crippen LogP contribution in [0.2, 0.25) is 18.1 Å². The lowest BCUT2D eigenvalue weighted by Crippen LogP contribution is -2.63. The van der Waals surface area contributed by atoms with Crippen LogP contribution in [0.5, 0.6) is 0 Å². The summed E-state index contributed by atoms with van der Waals surface area (Å²) >= 11 is 0. The lowest BCUT2D eigenvalue weighted by atomic mass is 9.79. The molecule has 184 valence electrons. The summed E-state index contributed by atoms with van der Waals surface area (Å²) in [4.78, 5) is 39.9. The Labute approximate surface area is 197 Å². The first-order valence-corrected chi connectivity index (χ1v) is 14.7. The van der Waals surface area contributed by atoms with Crippen molar-refractivity contribution in [1.29, 1.82) is 0 Å². The van der Waals surface area contributed by atoms with Crippen LogP contribution >= 0.6 is 0 Å². The van der Waals surface area contributed by atoms with E-state index in [9.17, 15) is 19.5 Å². The average Bonchev–Trinajstić information content (AvgIpc) is 3.32. The number of carboxylic acids is 1. The number of nitrogens with zero attached hydrogens (tertiary/aromatic N) is 1. The highest BCUT2D eigenvalue weighted by Crippen LogP contribution is 2.49. The summed E-state index contributed by atoms with van der Waals surface area (Å²) in [7, 11) is -2.11. The predicted octanol–water partition coefficient (Wildman–Crippen LogP) is 2.92. The molecule has 0 bridgehead atoms. The topological polar surface area (TPSA) is 105 Å². The van der Waals surface area contributed by atoms with Crippen LogP contribution in [0, 0.1) is 17.8 Å². The summed E-state index contributed by atoms with van der Waals surface area (Å²) in [6, 6.07) is -0.303. The Morgan fingerprint density at radius 2 is 2.03 bits per heavy atom. The molecule has 0 spiro atoms. The van der Waals surface area contributed by atoms with E-state index in [0.29, 0.717) is 18.5 Å². The normalized spacial score (nSPS) is 27.2. The molecule has 0 aromatic rings. The Morgan fingerprint density at radius 3 is 2.55 bits per heavy atom. The van der Waals surface area contributed by atoms with Crippen molar-refractivity contribution in [3.05, 3.63) is 23.9 Å². The molecule has 3 heterocycles. The molecule has 0 aromatic heterocycles. The largest absolute Gasteiger partial charge is 0.477 e. The monoisotopic (exact) mass is 478 g/mol. The molecule has 0 radical (unpaired) electrons.